The van der Waals surface area contributed by atoms with Gasteiger partial charge in [-0.25, -0.2) is 0 Å². The van der Waals surface area contributed by atoms with E-state index in [0.717, 1.165) is 0 Å². The topological polar surface area (TPSA) is 84.2 Å². The summed E-state index contributed by atoms with van der Waals surface area (Å²) in [5.41, 5.74) is 6.95. The van der Waals surface area contributed by atoms with Crippen LogP contribution in [0.4, 0.5) is 11.4 Å². The molecule has 1 rings (SSSR count). The van der Waals surface area contributed by atoms with Gasteiger partial charge >= 0.3 is 0 Å². The van der Waals surface area contributed by atoms with E-state index in [0.29, 0.717) is 17.8 Å². The number of hydrogen-bond donors (Lipinski definition) is 3. The third kappa shape index (κ3) is 6.14. The Morgan fingerprint density at radius 3 is 1.90 bits per heavy atom. The summed E-state index contributed by atoms with van der Waals surface area (Å²) in [6.07, 6.45) is 0.429. The van der Waals surface area contributed by atoms with Gasteiger partial charge in [0.1, 0.15) is 0 Å². The first-order valence-corrected chi connectivity index (χ1v) is 6.70. The molecule has 0 saturated heterocycles. The SMILES string of the molecule is CCC(=O)Nc1ccc(NC(=O)[C@@H](N)C(C)(C)C)cc1.Cl. The van der Waals surface area contributed by atoms with Crippen molar-refractivity contribution in [3.8, 4) is 0 Å². The van der Waals surface area contributed by atoms with Crippen molar-refractivity contribution >= 4 is 35.6 Å². The average Bonchev–Trinajstić information content (AvgIpc) is 2.38. The van der Waals surface area contributed by atoms with E-state index in [1.54, 1.807) is 31.2 Å². The predicted molar refractivity (Wildman–Crippen MR) is 88.7 cm³/mol. The van der Waals surface area contributed by atoms with Gasteiger partial charge in [-0.3, -0.25) is 9.59 Å². The van der Waals surface area contributed by atoms with Crippen LogP contribution in [0.15, 0.2) is 24.3 Å². The van der Waals surface area contributed by atoms with Crippen molar-refractivity contribution < 1.29 is 9.59 Å². The quantitative estimate of drug-likeness (QED) is 0.799. The molecular weight excluding hydrogens is 290 g/mol. The second-order valence-electron chi connectivity index (χ2n) is 5.81. The van der Waals surface area contributed by atoms with Crippen LogP contribution in [0.25, 0.3) is 0 Å². The van der Waals surface area contributed by atoms with Crippen LogP contribution >= 0.6 is 12.4 Å². The molecule has 1 aromatic carbocycles. The molecule has 0 radical (unpaired) electrons. The molecule has 5 nitrogen and oxygen atoms in total. The minimum Gasteiger partial charge on any atom is -0.326 e. The van der Waals surface area contributed by atoms with Gasteiger partial charge in [0.25, 0.3) is 0 Å². The van der Waals surface area contributed by atoms with Gasteiger partial charge < -0.3 is 16.4 Å². The number of anilines is 2. The van der Waals surface area contributed by atoms with Gasteiger partial charge in [0.2, 0.25) is 11.8 Å². The van der Waals surface area contributed by atoms with E-state index in [1.165, 1.54) is 0 Å². The maximum absolute atomic E-state index is 12.0. The second kappa shape index (κ2) is 8.00. The van der Waals surface area contributed by atoms with Crippen molar-refractivity contribution in [2.24, 2.45) is 11.1 Å². The molecule has 0 unspecified atom stereocenters. The lowest BCUT2D eigenvalue weighted by Crippen LogP contribution is -2.45. The second-order valence-corrected chi connectivity index (χ2v) is 5.81. The monoisotopic (exact) mass is 313 g/mol. The molecule has 0 aliphatic rings. The average molecular weight is 314 g/mol. The molecule has 0 bridgehead atoms. The predicted octanol–water partition coefficient (Wildman–Crippen LogP) is 2.77. The van der Waals surface area contributed by atoms with Crippen molar-refractivity contribution in [2.45, 2.75) is 40.2 Å². The van der Waals surface area contributed by atoms with Crippen molar-refractivity contribution in [2.75, 3.05) is 10.6 Å². The van der Waals surface area contributed by atoms with Gasteiger partial charge in [-0.05, 0) is 29.7 Å². The summed E-state index contributed by atoms with van der Waals surface area (Å²) < 4.78 is 0. The molecule has 0 heterocycles. The molecule has 0 aromatic heterocycles. The van der Waals surface area contributed by atoms with Crippen LogP contribution in [-0.2, 0) is 9.59 Å². The summed E-state index contributed by atoms with van der Waals surface area (Å²) in [5, 5.41) is 5.51. The van der Waals surface area contributed by atoms with E-state index >= 15 is 0 Å². The molecule has 21 heavy (non-hydrogen) atoms. The zero-order valence-electron chi connectivity index (χ0n) is 12.9. The Morgan fingerprint density at radius 2 is 1.52 bits per heavy atom. The number of rotatable bonds is 4. The van der Waals surface area contributed by atoms with Gasteiger partial charge in [-0.15, -0.1) is 12.4 Å². The number of benzene rings is 1. The summed E-state index contributed by atoms with van der Waals surface area (Å²) in [6.45, 7) is 7.54. The molecule has 0 aliphatic heterocycles. The summed E-state index contributed by atoms with van der Waals surface area (Å²) in [6, 6.07) is 6.37. The van der Waals surface area contributed by atoms with Crippen LogP contribution in [0.3, 0.4) is 0 Å². The fraction of sp³-hybridized carbons (Fsp3) is 0.467. The van der Waals surface area contributed by atoms with Crippen LogP contribution in [0.1, 0.15) is 34.1 Å². The Labute approximate surface area is 132 Å². The fourth-order valence-corrected chi connectivity index (χ4v) is 1.50. The molecule has 1 aromatic rings. The number of nitrogens with one attached hydrogen (secondary N) is 2. The fourth-order valence-electron chi connectivity index (χ4n) is 1.50. The Balaban J connectivity index is 0.00000400. The highest BCUT2D eigenvalue weighted by molar-refractivity contribution is 5.96. The smallest absolute Gasteiger partial charge is 0.241 e. The molecule has 0 spiro atoms. The molecule has 0 aliphatic carbocycles. The van der Waals surface area contributed by atoms with Gasteiger partial charge in [0.15, 0.2) is 0 Å². The van der Waals surface area contributed by atoms with Crippen LogP contribution in [0.2, 0.25) is 0 Å². The zero-order chi connectivity index (χ0) is 15.3. The first-order valence-electron chi connectivity index (χ1n) is 6.70. The lowest BCUT2D eigenvalue weighted by molar-refractivity contribution is -0.119. The first kappa shape index (κ1) is 19.4. The normalized spacial score (nSPS) is 12.0. The third-order valence-electron chi connectivity index (χ3n) is 2.97. The highest BCUT2D eigenvalue weighted by atomic mass is 35.5. The minimum absolute atomic E-state index is 0. The highest BCUT2D eigenvalue weighted by Gasteiger charge is 2.27. The zero-order valence-corrected chi connectivity index (χ0v) is 13.7. The third-order valence-corrected chi connectivity index (χ3v) is 2.97. The Kier molecular flexibility index (Phi) is 7.39. The minimum atomic E-state index is -0.582. The molecule has 1 atom stereocenters. The molecule has 2 amide bonds. The lowest BCUT2D eigenvalue weighted by atomic mass is 9.87. The van der Waals surface area contributed by atoms with Gasteiger partial charge in [-0.2, -0.15) is 0 Å². The Bertz CT molecular complexity index is 481. The van der Waals surface area contributed by atoms with Crippen molar-refractivity contribution in [3.05, 3.63) is 24.3 Å². The number of carbonyl (C=O) groups excluding carboxylic acids is 2. The van der Waals surface area contributed by atoms with Gasteiger partial charge in [0.05, 0.1) is 6.04 Å². The van der Waals surface area contributed by atoms with Crippen LogP contribution < -0.4 is 16.4 Å². The Morgan fingerprint density at radius 1 is 1.10 bits per heavy atom. The van der Waals surface area contributed by atoms with Crippen molar-refractivity contribution in [3.63, 3.8) is 0 Å². The van der Waals surface area contributed by atoms with Crippen LogP contribution in [0, 0.1) is 5.41 Å². The molecule has 118 valence electrons. The van der Waals surface area contributed by atoms with E-state index in [1.807, 2.05) is 20.8 Å². The van der Waals surface area contributed by atoms with E-state index in [4.69, 9.17) is 5.73 Å². The molecular formula is C15H24ClN3O2. The van der Waals surface area contributed by atoms with E-state index in [9.17, 15) is 9.59 Å². The lowest BCUT2D eigenvalue weighted by Gasteiger charge is -2.25. The van der Waals surface area contributed by atoms with Crippen molar-refractivity contribution in [1.82, 2.24) is 0 Å². The van der Waals surface area contributed by atoms with Crippen molar-refractivity contribution in [1.29, 1.82) is 0 Å². The maximum Gasteiger partial charge on any atom is 0.241 e. The maximum atomic E-state index is 12.0. The number of hydrogen-bond acceptors (Lipinski definition) is 3. The number of carbonyl (C=O) groups is 2. The summed E-state index contributed by atoms with van der Waals surface area (Å²) in [5.74, 6) is -0.264. The highest BCUT2D eigenvalue weighted by Crippen LogP contribution is 2.19. The van der Waals surface area contributed by atoms with Gasteiger partial charge in [0, 0.05) is 17.8 Å². The molecule has 6 heteroatoms. The summed E-state index contributed by atoms with van der Waals surface area (Å²) in [4.78, 5) is 23.2. The number of halogens is 1. The number of nitrogens with two attached hydrogens (primary N) is 1. The van der Waals surface area contributed by atoms with Crippen LogP contribution in [0.5, 0.6) is 0 Å². The summed E-state index contributed by atoms with van der Waals surface area (Å²) in [7, 11) is 0. The van der Waals surface area contributed by atoms with Crippen LogP contribution in [-0.4, -0.2) is 17.9 Å². The molecule has 0 saturated carbocycles. The van der Waals surface area contributed by atoms with Gasteiger partial charge in [-0.1, -0.05) is 27.7 Å². The number of amides is 2. The molecule has 4 N–H and O–H groups in total. The van der Waals surface area contributed by atoms with E-state index in [-0.39, 0.29) is 29.6 Å². The van der Waals surface area contributed by atoms with E-state index < -0.39 is 6.04 Å². The Hall–Kier alpha value is -1.59. The standard InChI is InChI=1S/C15H23N3O2.ClH/c1-5-12(19)17-10-6-8-11(9-7-10)18-14(20)13(16)15(2,3)4;/h6-9,13H,5,16H2,1-4H3,(H,17,19)(H,18,20);1H/t13-;/m1./s1. The summed E-state index contributed by atoms with van der Waals surface area (Å²) >= 11 is 0. The molecule has 0 fully saturated rings. The largest absolute Gasteiger partial charge is 0.326 e. The first-order chi connectivity index (χ1) is 9.24. The van der Waals surface area contributed by atoms with E-state index in [2.05, 4.69) is 10.6 Å².